The lowest BCUT2D eigenvalue weighted by molar-refractivity contribution is -0.384. The predicted octanol–water partition coefficient (Wildman–Crippen LogP) is 2.46. The minimum absolute atomic E-state index is 0.0528. The molecule has 0 bridgehead atoms. The lowest BCUT2D eigenvalue weighted by atomic mass is 10.1. The maximum absolute atomic E-state index is 13.2. The molecular weight excluding hydrogens is 388 g/mol. The molecule has 10 heteroatoms. The first kappa shape index (κ1) is 23.4. The highest BCUT2D eigenvalue weighted by Gasteiger charge is 2.38. The van der Waals surface area contributed by atoms with E-state index in [0.29, 0.717) is 0 Å². The van der Waals surface area contributed by atoms with Crippen LogP contribution < -0.4 is 0 Å². The van der Waals surface area contributed by atoms with Gasteiger partial charge in [0.25, 0.3) is 5.69 Å². The van der Waals surface area contributed by atoms with Crippen LogP contribution in [-0.4, -0.2) is 48.1 Å². The summed E-state index contributed by atoms with van der Waals surface area (Å²) in [5, 5.41) is 10.8. The van der Waals surface area contributed by atoms with E-state index in [9.17, 15) is 28.1 Å². The summed E-state index contributed by atoms with van der Waals surface area (Å²) in [6.07, 6.45) is 2.62. The fourth-order valence-electron chi connectivity index (χ4n) is 2.57. The number of rotatable bonds is 10. The number of carbonyl (C=O) groups excluding carboxylic acids is 2. The highest BCUT2D eigenvalue weighted by Crippen LogP contribution is 2.25. The summed E-state index contributed by atoms with van der Waals surface area (Å²) in [7, 11) is -4.16. The van der Waals surface area contributed by atoms with Crippen LogP contribution in [0.5, 0.6) is 0 Å². The zero-order valence-corrected chi connectivity index (χ0v) is 17.0. The number of hydrogen-bond donors (Lipinski definition) is 0. The first-order valence-corrected chi connectivity index (χ1v) is 10.1. The molecule has 0 aliphatic heterocycles. The van der Waals surface area contributed by atoms with Crippen molar-refractivity contribution < 1.29 is 27.7 Å². The number of non-ortho nitro benzene ring substituents is 1. The van der Waals surface area contributed by atoms with E-state index in [1.54, 1.807) is 20.8 Å². The maximum atomic E-state index is 13.2. The second kappa shape index (κ2) is 10.1. The van der Waals surface area contributed by atoms with Gasteiger partial charge in [0.1, 0.15) is 6.04 Å². The molecule has 1 aromatic carbocycles. The van der Waals surface area contributed by atoms with Crippen molar-refractivity contribution in [3.05, 3.63) is 46.5 Å². The van der Waals surface area contributed by atoms with E-state index in [1.807, 2.05) is 0 Å². The number of carbonyl (C=O) groups is 2. The zero-order valence-electron chi connectivity index (χ0n) is 16.2. The number of allylic oxidation sites excluding steroid dienone is 1. The SMILES string of the molecule is CCOC(=O)C(C/C=C/C(C)=O)N(C(C)C)S(=O)(=O)c1ccc([N+](=O)[O-])cc1. The number of esters is 1. The first-order valence-electron chi connectivity index (χ1n) is 8.64. The molecular formula is C18H24N2O7S. The molecule has 0 aromatic heterocycles. The van der Waals surface area contributed by atoms with Gasteiger partial charge in [-0.1, -0.05) is 6.08 Å². The van der Waals surface area contributed by atoms with Crippen molar-refractivity contribution in [1.29, 1.82) is 0 Å². The van der Waals surface area contributed by atoms with Crippen molar-refractivity contribution in [1.82, 2.24) is 4.31 Å². The van der Waals surface area contributed by atoms with Crippen molar-refractivity contribution in [2.45, 2.75) is 51.1 Å². The molecule has 0 saturated heterocycles. The summed E-state index contributed by atoms with van der Waals surface area (Å²) < 4.78 is 32.3. The van der Waals surface area contributed by atoms with Crippen molar-refractivity contribution >= 4 is 27.5 Å². The number of ether oxygens (including phenoxy) is 1. The lowest BCUT2D eigenvalue weighted by Gasteiger charge is -2.32. The molecule has 0 spiro atoms. The lowest BCUT2D eigenvalue weighted by Crippen LogP contribution is -2.49. The van der Waals surface area contributed by atoms with Crippen molar-refractivity contribution in [2.75, 3.05) is 6.61 Å². The molecule has 154 valence electrons. The Kier molecular flexibility index (Phi) is 8.45. The molecule has 0 saturated carbocycles. The van der Waals surface area contributed by atoms with Crippen LogP contribution in [0.15, 0.2) is 41.3 Å². The topological polar surface area (TPSA) is 124 Å². The molecule has 1 atom stereocenters. The van der Waals surface area contributed by atoms with Crippen LogP contribution in [-0.2, 0) is 24.3 Å². The molecule has 0 amide bonds. The van der Waals surface area contributed by atoms with Gasteiger partial charge in [-0.2, -0.15) is 4.31 Å². The molecule has 1 rings (SSSR count). The summed E-state index contributed by atoms with van der Waals surface area (Å²) in [4.78, 5) is 33.6. The van der Waals surface area contributed by atoms with Crippen LogP contribution >= 0.6 is 0 Å². The Morgan fingerprint density at radius 2 is 1.82 bits per heavy atom. The normalized spacial score (nSPS) is 13.1. The number of ketones is 1. The van der Waals surface area contributed by atoms with Gasteiger partial charge in [-0.3, -0.25) is 19.7 Å². The molecule has 0 fully saturated rings. The Bertz CT molecular complexity index is 845. The van der Waals surface area contributed by atoms with Gasteiger partial charge in [0.2, 0.25) is 10.0 Å². The number of nitro benzene ring substituents is 1. The van der Waals surface area contributed by atoms with Crippen LogP contribution in [0.4, 0.5) is 5.69 Å². The third kappa shape index (κ3) is 5.96. The fraction of sp³-hybridized carbons (Fsp3) is 0.444. The van der Waals surface area contributed by atoms with Gasteiger partial charge in [-0.15, -0.1) is 0 Å². The van der Waals surface area contributed by atoms with Crippen molar-refractivity contribution in [2.24, 2.45) is 0 Å². The molecule has 0 aliphatic rings. The number of nitro groups is 1. The summed E-state index contributed by atoms with van der Waals surface area (Å²) in [6, 6.07) is 2.62. The summed E-state index contributed by atoms with van der Waals surface area (Å²) >= 11 is 0. The van der Waals surface area contributed by atoms with Crippen LogP contribution in [0, 0.1) is 10.1 Å². The first-order chi connectivity index (χ1) is 13.0. The molecule has 0 heterocycles. The van der Waals surface area contributed by atoms with Gasteiger partial charge in [-0.05, 0) is 52.3 Å². The average molecular weight is 412 g/mol. The quantitative estimate of drug-likeness (QED) is 0.250. The van der Waals surface area contributed by atoms with Gasteiger partial charge in [0, 0.05) is 18.2 Å². The van der Waals surface area contributed by atoms with Gasteiger partial charge < -0.3 is 4.74 Å². The zero-order chi connectivity index (χ0) is 21.5. The Hall–Kier alpha value is -2.59. The summed E-state index contributed by atoms with van der Waals surface area (Å²) in [6.45, 7) is 6.21. The highest BCUT2D eigenvalue weighted by atomic mass is 32.2. The Morgan fingerprint density at radius 3 is 2.25 bits per heavy atom. The second-order valence-corrected chi connectivity index (χ2v) is 8.04. The monoisotopic (exact) mass is 412 g/mol. The Labute approximate surface area is 164 Å². The van der Waals surface area contributed by atoms with E-state index < -0.39 is 33.0 Å². The second-order valence-electron chi connectivity index (χ2n) is 6.20. The van der Waals surface area contributed by atoms with E-state index in [4.69, 9.17) is 4.74 Å². The smallest absolute Gasteiger partial charge is 0.324 e. The van der Waals surface area contributed by atoms with E-state index in [-0.39, 0.29) is 29.4 Å². The molecule has 0 aliphatic carbocycles. The van der Waals surface area contributed by atoms with Crippen LogP contribution in [0.3, 0.4) is 0 Å². The largest absolute Gasteiger partial charge is 0.465 e. The molecule has 0 N–H and O–H groups in total. The van der Waals surface area contributed by atoms with E-state index in [1.165, 1.54) is 19.1 Å². The van der Waals surface area contributed by atoms with Gasteiger partial charge in [0.15, 0.2) is 5.78 Å². The maximum Gasteiger partial charge on any atom is 0.324 e. The molecule has 1 aromatic rings. The molecule has 9 nitrogen and oxygen atoms in total. The standard InChI is InChI=1S/C18H24N2O7S/c1-5-27-18(22)17(8-6-7-14(4)21)19(13(2)3)28(25,26)16-11-9-15(10-12-16)20(23)24/h6-7,9-13,17H,5,8H2,1-4H3/b7-6+. The number of benzene rings is 1. The minimum atomic E-state index is -4.16. The van der Waals surface area contributed by atoms with Gasteiger partial charge in [-0.25, -0.2) is 8.42 Å². The predicted molar refractivity (Wildman–Crippen MR) is 102 cm³/mol. The highest BCUT2D eigenvalue weighted by molar-refractivity contribution is 7.89. The van der Waals surface area contributed by atoms with Crippen molar-refractivity contribution in [3.8, 4) is 0 Å². The number of hydrogen-bond acceptors (Lipinski definition) is 7. The third-order valence-corrected chi connectivity index (χ3v) is 5.81. The van der Waals surface area contributed by atoms with E-state index in [0.717, 1.165) is 28.6 Å². The van der Waals surface area contributed by atoms with Crippen LogP contribution in [0.2, 0.25) is 0 Å². The third-order valence-electron chi connectivity index (χ3n) is 3.71. The molecule has 0 radical (unpaired) electrons. The van der Waals surface area contributed by atoms with E-state index in [2.05, 4.69) is 0 Å². The van der Waals surface area contributed by atoms with Crippen LogP contribution in [0.25, 0.3) is 0 Å². The number of nitrogens with zero attached hydrogens (tertiary/aromatic N) is 2. The fourth-order valence-corrected chi connectivity index (χ4v) is 4.36. The molecule has 28 heavy (non-hydrogen) atoms. The number of sulfonamides is 1. The summed E-state index contributed by atoms with van der Waals surface area (Å²) in [5.41, 5.74) is -0.249. The summed E-state index contributed by atoms with van der Waals surface area (Å²) in [5.74, 6) is -0.980. The van der Waals surface area contributed by atoms with Crippen LogP contribution in [0.1, 0.15) is 34.1 Å². The van der Waals surface area contributed by atoms with Crippen molar-refractivity contribution in [3.63, 3.8) is 0 Å². The minimum Gasteiger partial charge on any atom is -0.465 e. The van der Waals surface area contributed by atoms with E-state index >= 15 is 0 Å². The molecule has 1 unspecified atom stereocenters. The van der Waals surface area contributed by atoms with Gasteiger partial charge >= 0.3 is 5.97 Å². The average Bonchev–Trinajstić information content (AvgIpc) is 2.60. The Balaban J connectivity index is 3.38. The van der Waals surface area contributed by atoms with Gasteiger partial charge in [0.05, 0.1) is 16.4 Å². The Morgan fingerprint density at radius 1 is 1.25 bits per heavy atom.